The zero-order valence-electron chi connectivity index (χ0n) is 19.1. The molecule has 0 amide bonds. The van der Waals surface area contributed by atoms with Crippen molar-refractivity contribution in [1.29, 1.82) is 0 Å². The predicted molar refractivity (Wildman–Crippen MR) is 136 cm³/mol. The normalized spacial score (nSPS) is 14.0. The minimum absolute atomic E-state index is 0.512. The summed E-state index contributed by atoms with van der Waals surface area (Å²) in [4.78, 5) is 14.5. The quantitative estimate of drug-likeness (QED) is 0.358. The molecule has 6 nitrogen and oxygen atoms in total. The Morgan fingerprint density at radius 3 is 2.24 bits per heavy atom. The summed E-state index contributed by atoms with van der Waals surface area (Å²) in [6.45, 7) is 5.77. The third-order valence-electron chi connectivity index (χ3n) is 6.39. The molecule has 0 N–H and O–H groups in total. The summed E-state index contributed by atoms with van der Waals surface area (Å²) in [7, 11) is 0. The number of nitrogens with zero attached hydrogens (tertiary/aromatic N) is 5. The van der Waals surface area contributed by atoms with Gasteiger partial charge in [-0.1, -0.05) is 71.4 Å². The summed E-state index contributed by atoms with van der Waals surface area (Å²) < 4.78 is 5.75. The van der Waals surface area contributed by atoms with Gasteiger partial charge in [-0.05, 0) is 31.2 Å². The summed E-state index contributed by atoms with van der Waals surface area (Å²) >= 11 is 0. The van der Waals surface area contributed by atoms with Crippen molar-refractivity contribution in [1.82, 2.24) is 15.1 Å². The summed E-state index contributed by atoms with van der Waals surface area (Å²) in [5.41, 5.74) is 5.25. The van der Waals surface area contributed by atoms with Crippen molar-refractivity contribution in [3.63, 3.8) is 0 Å². The first-order valence-corrected chi connectivity index (χ1v) is 11.6. The molecule has 168 valence electrons. The molecule has 0 bridgehead atoms. The molecule has 5 aromatic rings. The monoisotopic (exact) mass is 447 g/mol. The van der Waals surface area contributed by atoms with Crippen LogP contribution in [0.1, 0.15) is 5.56 Å². The maximum Gasteiger partial charge on any atom is 0.259 e. The van der Waals surface area contributed by atoms with Crippen LogP contribution in [0.4, 0.5) is 11.5 Å². The molecule has 6 heteroatoms. The molecule has 3 aromatic carbocycles. The number of piperazine rings is 1. The van der Waals surface area contributed by atoms with E-state index in [1.54, 1.807) is 0 Å². The number of aryl methyl sites for hydroxylation is 1. The van der Waals surface area contributed by atoms with Gasteiger partial charge in [0, 0.05) is 42.8 Å². The molecule has 2 aromatic heterocycles. The number of para-hydroxylation sites is 2. The fourth-order valence-electron chi connectivity index (χ4n) is 4.49. The van der Waals surface area contributed by atoms with Gasteiger partial charge in [-0.25, -0.2) is 4.98 Å². The second-order valence-corrected chi connectivity index (χ2v) is 8.64. The Hall–Kier alpha value is -4.19. The van der Waals surface area contributed by atoms with Gasteiger partial charge in [0.25, 0.3) is 5.89 Å². The van der Waals surface area contributed by atoms with Crippen LogP contribution in [0.15, 0.2) is 89.5 Å². The van der Waals surface area contributed by atoms with Crippen molar-refractivity contribution >= 4 is 22.4 Å². The summed E-state index contributed by atoms with van der Waals surface area (Å²) in [6.07, 6.45) is 0. The van der Waals surface area contributed by atoms with Crippen molar-refractivity contribution in [2.45, 2.75) is 6.92 Å². The topological polar surface area (TPSA) is 58.3 Å². The molecule has 1 aliphatic heterocycles. The molecule has 0 aliphatic carbocycles. The predicted octanol–water partition coefficient (Wildman–Crippen LogP) is 5.59. The van der Waals surface area contributed by atoms with Gasteiger partial charge in [0.05, 0.1) is 11.1 Å². The number of anilines is 2. The molecule has 1 aliphatic rings. The first-order valence-electron chi connectivity index (χ1n) is 11.6. The van der Waals surface area contributed by atoms with Crippen LogP contribution in [-0.2, 0) is 0 Å². The Morgan fingerprint density at radius 1 is 0.735 bits per heavy atom. The second kappa shape index (κ2) is 8.63. The number of rotatable bonds is 4. The van der Waals surface area contributed by atoms with Crippen LogP contribution in [-0.4, -0.2) is 41.3 Å². The van der Waals surface area contributed by atoms with Crippen molar-refractivity contribution in [3.05, 3.63) is 90.5 Å². The lowest BCUT2D eigenvalue weighted by atomic mass is 10.1. The highest BCUT2D eigenvalue weighted by atomic mass is 16.5. The van der Waals surface area contributed by atoms with E-state index in [1.165, 1.54) is 11.3 Å². The molecule has 0 radical (unpaired) electrons. The van der Waals surface area contributed by atoms with Crippen LogP contribution in [0.25, 0.3) is 33.7 Å². The van der Waals surface area contributed by atoms with Crippen molar-refractivity contribution < 1.29 is 4.52 Å². The minimum Gasteiger partial charge on any atom is -0.368 e. The number of aromatic nitrogens is 3. The summed E-state index contributed by atoms with van der Waals surface area (Å²) in [6, 6.07) is 29.0. The van der Waals surface area contributed by atoms with Crippen LogP contribution in [0.3, 0.4) is 0 Å². The lowest BCUT2D eigenvalue weighted by molar-refractivity contribution is 0.432. The molecule has 1 saturated heterocycles. The van der Waals surface area contributed by atoms with Crippen molar-refractivity contribution in [3.8, 4) is 22.8 Å². The summed E-state index contributed by atoms with van der Waals surface area (Å²) in [5, 5.41) is 5.27. The molecule has 1 fully saturated rings. The molecule has 0 spiro atoms. The van der Waals surface area contributed by atoms with Crippen LogP contribution >= 0.6 is 0 Å². The second-order valence-electron chi connectivity index (χ2n) is 8.64. The lowest BCUT2D eigenvalue weighted by Gasteiger charge is -2.37. The van der Waals surface area contributed by atoms with E-state index in [1.807, 2.05) is 30.3 Å². The maximum atomic E-state index is 5.75. The fourth-order valence-corrected chi connectivity index (χ4v) is 4.49. The largest absolute Gasteiger partial charge is 0.368 e. The van der Waals surface area contributed by atoms with E-state index in [0.29, 0.717) is 11.7 Å². The molecule has 0 atom stereocenters. The Kier molecular flexibility index (Phi) is 5.18. The third kappa shape index (κ3) is 3.88. The van der Waals surface area contributed by atoms with E-state index in [-0.39, 0.29) is 0 Å². The van der Waals surface area contributed by atoms with E-state index >= 15 is 0 Å². The number of fused-ring (bicyclic) bond motifs is 1. The lowest BCUT2D eigenvalue weighted by Crippen LogP contribution is -2.46. The van der Waals surface area contributed by atoms with Gasteiger partial charge in [-0.2, -0.15) is 4.98 Å². The van der Waals surface area contributed by atoms with E-state index in [9.17, 15) is 0 Å². The van der Waals surface area contributed by atoms with Crippen LogP contribution < -0.4 is 9.80 Å². The van der Waals surface area contributed by atoms with Crippen molar-refractivity contribution in [2.24, 2.45) is 0 Å². The van der Waals surface area contributed by atoms with Crippen LogP contribution in [0.5, 0.6) is 0 Å². The zero-order valence-corrected chi connectivity index (χ0v) is 19.1. The fraction of sp³-hybridized carbons (Fsp3) is 0.179. The smallest absolute Gasteiger partial charge is 0.259 e. The standard InChI is InChI=1S/C28H25N5O/c1-20-11-13-21(14-12-20)27-30-28(34-31-27)24-19-26(29-25-10-6-5-9-23(24)25)33-17-15-32(16-18-33)22-7-3-2-4-8-22/h2-14,19H,15-18H2,1H3. The first kappa shape index (κ1) is 20.4. The third-order valence-corrected chi connectivity index (χ3v) is 6.39. The van der Waals surface area contributed by atoms with Gasteiger partial charge >= 0.3 is 0 Å². The Bertz CT molecular complexity index is 1420. The first-order chi connectivity index (χ1) is 16.7. The number of benzene rings is 3. The van der Waals surface area contributed by atoms with Crippen LogP contribution in [0.2, 0.25) is 0 Å². The molecular weight excluding hydrogens is 422 g/mol. The van der Waals surface area contributed by atoms with Gasteiger partial charge in [-0.3, -0.25) is 0 Å². The van der Waals surface area contributed by atoms with E-state index < -0.39 is 0 Å². The Morgan fingerprint density at radius 2 is 1.44 bits per heavy atom. The van der Waals surface area contributed by atoms with Crippen LogP contribution in [0, 0.1) is 6.92 Å². The molecule has 0 saturated carbocycles. The highest BCUT2D eigenvalue weighted by Gasteiger charge is 2.21. The highest BCUT2D eigenvalue weighted by Crippen LogP contribution is 2.32. The van der Waals surface area contributed by atoms with Gasteiger partial charge in [0.2, 0.25) is 5.82 Å². The minimum atomic E-state index is 0.512. The van der Waals surface area contributed by atoms with Gasteiger partial charge < -0.3 is 14.3 Å². The average molecular weight is 448 g/mol. The molecule has 34 heavy (non-hydrogen) atoms. The maximum absolute atomic E-state index is 5.75. The summed E-state index contributed by atoms with van der Waals surface area (Å²) in [5.74, 6) is 2.05. The number of pyridine rings is 1. The Balaban J connectivity index is 1.32. The van der Waals surface area contributed by atoms with Crippen molar-refractivity contribution in [2.75, 3.05) is 36.0 Å². The Labute approximate surface area is 198 Å². The van der Waals surface area contributed by atoms with E-state index in [4.69, 9.17) is 14.5 Å². The molecule has 6 rings (SSSR count). The molecular formula is C28H25N5O. The average Bonchev–Trinajstić information content (AvgIpc) is 3.39. The van der Waals surface area contributed by atoms with Gasteiger partial charge in [-0.15, -0.1) is 0 Å². The van der Waals surface area contributed by atoms with E-state index in [2.05, 4.69) is 76.5 Å². The molecule has 0 unspecified atom stereocenters. The zero-order chi connectivity index (χ0) is 22.9. The number of hydrogen-bond donors (Lipinski definition) is 0. The van der Waals surface area contributed by atoms with Gasteiger partial charge in [0.15, 0.2) is 0 Å². The SMILES string of the molecule is Cc1ccc(-c2noc(-c3cc(N4CCN(c5ccccc5)CC4)nc4ccccc34)n2)cc1. The molecule has 3 heterocycles. The van der Waals surface area contributed by atoms with Gasteiger partial charge in [0.1, 0.15) is 5.82 Å². The van der Waals surface area contributed by atoms with E-state index in [0.717, 1.165) is 54.0 Å². The number of hydrogen-bond acceptors (Lipinski definition) is 6. The highest BCUT2D eigenvalue weighted by molar-refractivity contribution is 5.94.